The van der Waals surface area contributed by atoms with E-state index in [4.69, 9.17) is 4.74 Å². The Morgan fingerprint density at radius 2 is 1.64 bits per heavy atom. The van der Waals surface area contributed by atoms with E-state index in [1.165, 1.54) is 0 Å². The molecule has 1 unspecified atom stereocenters. The molecule has 0 bridgehead atoms. The number of hydrogen-bond donors (Lipinski definition) is 0. The minimum atomic E-state index is -5.47. The maximum Gasteiger partial charge on any atom is 0.453 e. The number of ether oxygens (including phenoxy) is 1. The van der Waals surface area contributed by atoms with Gasteiger partial charge in [0.1, 0.15) is 5.60 Å². The monoisotopic (exact) mass is 373 g/mol. The molecule has 1 atom stereocenters. The van der Waals surface area contributed by atoms with Gasteiger partial charge in [-0.3, -0.25) is 0 Å². The van der Waals surface area contributed by atoms with Crippen LogP contribution in [0.2, 0.25) is 0 Å². The van der Waals surface area contributed by atoms with Crippen molar-refractivity contribution < 1.29 is 31.5 Å². The molecule has 0 aromatic rings. The zero-order valence-electron chi connectivity index (χ0n) is 15.1. The summed E-state index contributed by atoms with van der Waals surface area (Å²) in [6.07, 6.45) is -3.07. The van der Waals surface area contributed by atoms with Crippen LogP contribution in [0.1, 0.15) is 72.1 Å². The molecule has 0 aliphatic carbocycles. The number of hydrogen-bond acceptors (Lipinski definition) is 2. The van der Waals surface area contributed by atoms with Gasteiger partial charge < -0.3 is 9.64 Å². The average Bonchev–Trinajstić information content (AvgIpc) is 2.87. The van der Waals surface area contributed by atoms with E-state index in [-0.39, 0.29) is 18.6 Å². The Bertz CT molecular complexity index is 432. The number of likely N-dealkylation sites (tertiary alicyclic amines) is 1. The third-order valence-electron chi connectivity index (χ3n) is 4.20. The van der Waals surface area contributed by atoms with Crippen LogP contribution in [-0.2, 0) is 4.74 Å². The molecule has 0 aromatic heterocycles. The highest BCUT2D eigenvalue weighted by molar-refractivity contribution is 5.68. The van der Waals surface area contributed by atoms with Gasteiger partial charge in [0.05, 0.1) is 0 Å². The van der Waals surface area contributed by atoms with Crippen LogP contribution in [0, 0.1) is 0 Å². The molecule has 148 valence electrons. The Morgan fingerprint density at radius 1 is 1.04 bits per heavy atom. The van der Waals surface area contributed by atoms with E-state index in [0.717, 1.165) is 19.3 Å². The lowest BCUT2D eigenvalue weighted by Gasteiger charge is -2.28. The zero-order chi connectivity index (χ0) is 19.3. The van der Waals surface area contributed by atoms with Gasteiger partial charge in [-0.05, 0) is 46.5 Å². The van der Waals surface area contributed by atoms with Crippen molar-refractivity contribution >= 4 is 6.09 Å². The van der Waals surface area contributed by atoms with Gasteiger partial charge in [0.2, 0.25) is 0 Å². The van der Waals surface area contributed by atoms with Gasteiger partial charge in [0, 0.05) is 19.0 Å². The molecular weight excluding hydrogens is 345 g/mol. The predicted molar refractivity (Wildman–Crippen MR) is 84.7 cm³/mol. The Balaban J connectivity index is 2.26. The van der Waals surface area contributed by atoms with Crippen molar-refractivity contribution in [3.05, 3.63) is 0 Å². The predicted octanol–water partition coefficient (Wildman–Crippen LogP) is 5.92. The molecule has 1 aliphatic rings. The first-order chi connectivity index (χ1) is 11.3. The second kappa shape index (κ2) is 8.54. The first-order valence-electron chi connectivity index (χ1n) is 8.78. The molecule has 1 rings (SSSR count). The average molecular weight is 373 g/mol. The van der Waals surface area contributed by atoms with Gasteiger partial charge in [-0.15, -0.1) is 0 Å². The van der Waals surface area contributed by atoms with E-state index in [1.807, 2.05) is 0 Å². The number of alkyl halides is 5. The van der Waals surface area contributed by atoms with E-state index in [2.05, 4.69) is 0 Å². The van der Waals surface area contributed by atoms with Crippen molar-refractivity contribution in [2.24, 2.45) is 0 Å². The number of halogens is 5. The molecule has 3 nitrogen and oxygen atoms in total. The van der Waals surface area contributed by atoms with E-state index in [0.29, 0.717) is 25.8 Å². The summed E-state index contributed by atoms with van der Waals surface area (Å²) >= 11 is 0. The van der Waals surface area contributed by atoms with Crippen LogP contribution in [0.15, 0.2) is 0 Å². The lowest BCUT2D eigenvalue weighted by atomic mass is 10.0. The summed E-state index contributed by atoms with van der Waals surface area (Å²) in [5.74, 6) is -4.61. The zero-order valence-corrected chi connectivity index (χ0v) is 15.1. The van der Waals surface area contributed by atoms with Crippen LogP contribution in [0.3, 0.4) is 0 Å². The van der Waals surface area contributed by atoms with Crippen LogP contribution >= 0.6 is 0 Å². The standard InChI is InChI=1S/C17H28F5NO2/c1-15(2,3)25-14(24)23-12-8-10-13(23)9-6-4-5-7-11-16(18,19)17(20,21)22/h13H,4-12H2,1-3H3. The maximum absolute atomic E-state index is 12.8. The van der Waals surface area contributed by atoms with Crippen molar-refractivity contribution in [2.75, 3.05) is 6.54 Å². The smallest absolute Gasteiger partial charge is 0.444 e. The van der Waals surface area contributed by atoms with Crippen molar-refractivity contribution in [1.82, 2.24) is 4.90 Å². The number of rotatable bonds is 7. The summed E-state index contributed by atoms with van der Waals surface area (Å²) in [7, 11) is 0. The summed E-state index contributed by atoms with van der Waals surface area (Å²) in [6, 6.07) is 0.0615. The second-order valence-corrected chi connectivity index (χ2v) is 7.62. The minimum absolute atomic E-state index is 0.0615. The lowest BCUT2D eigenvalue weighted by Crippen LogP contribution is -2.39. The normalized spacial score (nSPS) is 19.4. The first kappa shape index (κ1) is 22.0. The van der Waals surface area contributed by atoms with E-state index in [1.54, 1.807) is 25.7 Å². The SMILES string of the molecule is CC(C)(C)OC(=O)N1CCCC1CCCCCCC(F)(F)C(F)(F)F. The van der Waals surface area contributed by atoms with Gasteiger partial charge in [-0.1, -0.05) is 19.3 Å². The summed E-state index contributed by atoms with van der Waals surface area (Å²) < 4.78 is 67.1. The van der Waals surface area contributed by atoms with Gasteiger partial charge >= 0.3 is 18.2 Å². The fourth-order valence-corrected chi connectivity index (χ4v) is 2.92. The Morgan fingerprint density at radius 3 is 2.20 bits per heavy atom. The Hall–Kier alpha value is -1.08. The Labute approximate surface area is 145 Å². The summed E-state index contributed by atoms with van der Waals surface area (Å²) in [4.78, 5) is 13.8. The van der Waals surface area contributed by atoms with Crippen LogP contribution < -0.4 is 0 Å². The molecular formula is C17H28F5NO2. The molecule has 0 radical (unpaired) electrons. The van der Waals surface area contributed by atoms with Crippen LogP contribution in [0.4, 0.5) is 26.7 Å². The third kappa shape index (κ3) is 7.36. The quantitative estimate of drug-likeness (QED) is 0.409. The summed E-state index contributed by atoms with van der Waals surface area (Å²) in [5.41, 5.74) is -0.562. The van der Waals surface area contributed by atoms with Crippen molar-refractivity contribution in [3.8, 4) is 0 Å². The third-order valence-corrected chi connectivity index (χ3v) is 4.20. The number of nitrogens with zero attached hydrogens (tertiary/aromatic N) is 1. The molecule has 0 aromatic carbocycles. The fraction of sp³-hybridized carbons (Fsp3) is 0.941. The highest BCUT2D eigenvalue weighted by Crippen LogP contribution is 2.39. The van der Waals surface area contributed by atoms with Gasteiger partial charge in [-0.25, -0.2) is 4.79 Å². The van der Waals surface area contributed by atoms with Crippen molar-refractivity contribution in [3.63, 3.8) is 0 Å². The highest BCUT2D eigenvalue weighted by Gasteiger charge is 2.56. The van der Waals surface area contributed by atoms with E-state index < -0.39 is 24.1 Å². The molecule has 1 amide bonds. The molecule has 25 heavy (non-hydrogen) atoms. The number of amides is 1. The molecule has 1 heterocycles. The second-order valence-electron chi connectivity index (χ2n) is 7.62. The molecule has 1 fully saturated rings. The van der Waals surface area contributed by atoms with Crippen LogP contribution in [0.25, 0.3) is 0 Å². The molecule has 1 aliphatic heterocycles. The van der Waals surface area contributed by atoms with Crippen LogP contribution in [-0.4, -0.2) is 41.3 Å². The summed E-state index contributed by atoms with van der Waals surface area (Å²) in [6.45, 7) is 6.03. The van der Waals surface area contributed by atoms with Crippen LogP contribution in [0.5, 0.6) is 0 Å². The Kier molecular flexibility index (Phi) is 7.50. The molecule has 8 heteroatoms. The number of unbranched alkanes of at least 4 members (excludes halogenated alkanes) is 3. The van der Waals surface area contributed by atoms with Crippen molar-refractivity contribution in [2.45, 2.75) is 95.9 Å². The van der Waals surface area contributed by atoms with Crippen molar-refractivity contribution in [1.29, 1.82) is 0 Å². The lowest BCUT2D eigenvalue weighted by molar-refractivity contribution is -0.284. The largest absolute Gasteiger partial charge is 0.453 e. The fourth-order valence-electron chi connectivity index (χ4n) is 2.92. The molecule has 0 spiro atoms. The highest BCUT2D eigenvalue weighted by atomic mass is 19.4. The number of carbonyl (C=O) groups excluding carboxylic acids is 1. The molecule has 0 N–H and O–H groups in total. The molecule has 1 saturated heterocycles. The first-order valence-corrected chi connectivity index (χ1v) is 8.78. The van der Waals surface area contributed by atoms with Gasteiger partial charge in [0.15, 0.2) is 0 Å². The molecule has 0 saturated carbocycles. The minimum Gasteiger partial charge on any atom is -0.444 e. The number of carbonyl (C=O) groups is 1. The van der Waals surface area contributed by atoms with E-state index >= 15 is 0 Å². The maximum atomic E-state index is 12.8. The van der Waals surface area contributed by atoms with Gasteiger partial charge in [-0.2, -0.15) is 22.0 Å². The topological polar surface area (TPSA) is 29.5 Å². The van der Waals surface area contributed by atoms with Gasteiger partial charge in [0.25, 0.3) is 0 Å². The van der Waals surface area contributed by atoms with E-state index in [9.17, 15) is 26.7 Å². The summed E-state index contributed by atoms with van der Waals surface area (Å²) in [5, 5.41) is 0.